The fourth-order valence-electron chi connectivity index (χ4n) is 2.63. The first-order valence-electron chi connectivity index (χ1n) is 7.78. The van der Waals surface area contributed by atoms with E-state index >= 15 is 0 Å². The molecule has 136 valence electrons. The highest BCUT2D eigenvalue weighted by molar-refractivity contribution is 9.10. The maximum Gasteiger partial charge on any atom is 0.263 e. The highest BCUT2D eigenvalue weighted by Gasteiger charge is 2.16. The van der Waals surface area contributed by atoms with Gasteiger partial charge in [0.2, 0.25) is 5.91 Å². The summed E-state index contributed by atoms with van der Waals surface area (Å²) in [4.78, 5) is 31.0. The van der Waals surface area contributed by atoms with Gasteiger partial charge in [-0.1, -0.05) is 22.0 Å². The van der Waals surface area contributed by atoms with Crippen molar-refractivity contribution >= 4 is 60.4 Å². The minimum absolute atomic E-state index is 0.0556. The van der Waals surface area contributed by atoms with Gasteiger partial charge in [0, 0.05) is 20.3 Å². The molecule has 9 heteroatoms. The standard InChI is InChI=1S/C18H11BrFN3O2S2/c19-10-3-4-13(12(20)6-10)22-15(24)7-23-9-21-17-16(18(23)25)11(8-27-17)14-2-1-5-26-14/h1-6,8-9H,7H2,(H,22,24). The zero-order chi connectivity index (χ0) is 19.0. The Hall–Kier alpha value is -2.36. The first kappa shape index (κ1) is 18.0. The van der Waals surface area contributed by atoms with E-state index in [-0.39, 0.29) is 17.8 Å². The molecule has 0 saturated carbocycles. The van der Waals surface area contributed by atoms with Crippen LogP contribution in [0, 0.1) is 5.82 Å². The first-order valence-corrected chi connectivity index (χ1v) is 10.3. The van der Waals surface area contributed by atoms with E-state index < -0.39 is 11.7 Å². The van der Waals surface area contributed by atoms with Crippen LogP contribution in [0.25, 0.3) is 20.7 Å². The molecule has 27 heavy (non-hydrogen) atoms. The second-order valence-corrected chi connectivity index (χ2v) is 8.38. The highest BCUT2D eigenvalue weighted by atomic mass is 79.9. The number of nitrogens with zero attached hydrogens (tertiary/aromatic N) is 2. The Morgan fingerprint density at radius 2 is 2.15 bits per heavy atom. The maximum atomic E-state index is 13.9. The third-order valence-corrected chi connectivity index (χ3v) is 6.15. The number of fused-ring (bicyclic) bond motifs is 1. The Balaban J connectivity index is 1.64. The lowest BCUT2D eigenvalue weighted by molar-refractivity contribution is -0.116. The van der Waals surface area contributed by atoms with Gasteiger partial charge in [-0.05, 0) is 29.6 Å². The molecule has 0 bridgehead atoms. The summed E-state index contributed by atoms with van der Waals surface area (Å²) in [7, 11) is 0. The highest BCUT2D eigenvalue weighted by Crippen LogP contribution is 2.33. The molecule has 3 heterocycles. The lowest BCUT2D eigenvalue weighted by atomic mass is 10.2. The third kappa shape index (κ3) is 3.58. The number of amides is 1. The van der Waals surface area contributed by atoms with E-state index in [2.05, 4.69) is 26.2 Å². The maximum absolute atomic E-state index is 13.9. The number of halogens is 2. The monoisotopic (exact) mass is 463 g/mol. The molecule has 4 rings (SSSR count). The number of anilines is 1. The van der Waals surface area contributed by atoms with Crippen molar-refractivity contribution in [3.63, 3.8) is 0 Å². The molecule has 0 unspecified atom stereocenters. The SMILES string of the molecule is O=C(Cn1cnc2scc(-c3cccs3)c2c1=O)Nc1ccc(Br)cc1F. The second-order valence-electron chi connectivity index (χ2n) is 5.66. The average molecular weight is 464 g/mol. The van der Waals surface area contributed by atoms with Crippen LogP contribution in [0.5, 0.6) is 0 Å². The number of thiophene rings is 2. The number of nitrogens with one attached hydrogen (secondary N) is 1. The van der Waals surface area contributed by atoms with Crippen molar-refractivity contribution in [2.75, 3.05) is 5.32 Å². The van der Waals surface area contributed by atoms with Crippen LogP contribution >= 0.6 is 38.6 Å². The van der Waals surface area contributed by atoms with E-state index in [0.717, 1.165) is 10.4 Å². The van der Waals surface area contributed by atoms with Gasteiger partial charge in [0.1, 0.15) is 17.2 Å². The molecule has 0 aliphatic heterocycles. The summed E-state index contributed by atoms with van der Waals surface area (Å²) in [6, 6.07) is 8.19. The summed E-state index contributed by atoms with van der Waals surface area (Å²) in [6.07, 6.45) is 1.34. The van der Waals surface area contributed by atoms with Gasteiger partial charge >= 0.3 is 0 Å². The molecule has 5 nitrogen and oxygen atoms in total. The van der Waals surface area contributed by atoms with Gasteiger partial charge in [-0.15, -0.1) is 22.7 Å². The topological polar surface area (TPSA) is 64.0 Å². The molecule has 0 radical (unpaired) electrons. The Kier molecular flexibility index (Phi) is 4.90. The molecule has 0 spiro atoms. The number of benzene rings is 1. The Morgan fingerprint density at radius 1 is 1.30 bits per heavy atom. The van der Waals surface area contributed by atoms with Gasteiger partial charge < -0.3 is 5.32 Å². The molecule has 0 aliphatic carbocycles. The molecule has 0 saturated heterocycles. The predicted octanol–water partition coefficient (Wildman–Crippen LogP) is 4.73. The lowest BCUT2D eigenvalue weighted by Crippen LogP contribution is -2.28. The minimum atomic E-state index is -0.559. The van der Waals surface area contributed by atoms with Crippen LogP contribution in [-0.4, -0.2) is 15.5 Å². The Bertz CT molecular complexity index is 1200. The van der Waals surface area contributed by atoms with Crippen molar-refractivity contribution in [2.24, 2.45) is 0 Å². The van der Waals surface area contributed by atoms with E-state index in [1.165, 1.54) is 45.7 Å². The smallest absolute Gasteiger partial charge is 0.263 e. The Morgan fingerprint density at radius 3 is 2.89 bits per heavy atom. The summed E-state index contributed by atoms with van der Waals surface area (Å²) in [5, 5.41) is 6.81. The summed E-state index contributed by atoms with van der Waals surface area (Å²) in [6.45, 7) is -0.253. The number of carbonyl (C=O) groups is 1. The van der Waals surface area contributed by atoms with Crippen molar-refractivity contribution in [1.29, 1.82) is 0 Å². The van der Waals surface area contributed by atoms with Gasteiger partial charge in [-0.3, -0.25) is 14.2 Å². The van der Waals surface area contributed by atoms with E-state index in [4.69, 9.17) is 0 Å². The molecular weight excluding hydrogens is 453 g/mol. The molecule has 4 aromatic rings. The van der Waals surface area contributed by atoms with E-state index in [1.54, 1.807) is 6.07 Å². The van der Waals surface area contributed by atoms with Crippen LogP contribution in [0.4, 0.5) is 10.1 Å². The molecule has 1 aromatic carbocycles. The van der Waals surface area contributed by atoms with Gasteiger partial charge in [0.15, 0.2) is 0 Å². The van der Waals surface area contributed by atoms with Crippen molar-refractivity contribution < 1.29 is 9.18 Å². The number of aromatic nitrogens is 2. The minimum Gasteiger partial charge on any atom is -0.322 e. The number of rotatable bonds is 4. The van der Waals surface area contributed by atoms with Crippen LogP contribution < -0.4 is 10.9 Å². The van der Waals surface area contributed by atoms with Crippen LogP contribution in [-0.2, 0) is 11.3 Å². The summed E-state index contributed by atoms with van der Waals surface area (Å²) < 4.78 is 15.7. The molecule has 3 aromatic heterocycles. The molecule has 0 atom stereocenters. The van der Waals surface area contributed by atoms with Gasteiger partial charge in [0.25, 0.3) is 5.56 Å². The normalized spacial score (nSPS) is 11.0. The first-order chi connectivity index (χ1) is 13.0. The quantitative estimate of drug-likeness (QED) is 0.475. The number of carbonyl (C=O) groups excluding carboxylic acids is 1. The van der Waals surface area contributed by atoms with Gasteiger partial charge in [-0.2, -0.15) is 0 Å². The van der Waals surface area contributed by atoms with E-state index in [0.29, 0.717) is 14.7 Å². The molecule has 1 N–H and O–H groups in total. The second kappa shape index (κ2) is 7.34. The fourth-order valence-corrected chi connectivity index (χ4v) is 4.68. The zero-order valence-electron chi connectivity index (χ0n) is 13.6. The summed E-state index contributed by atoms with van der Waals surface area (Å²) in [5.41, 5.74) is 0.576. The Labute approximate surface area is 169 Å². The summed E-state index contributed by atoms with van der Waals surface area (Å²) >= 11 is 6.09. The fraction of sp³-hybridized carbons (Fsp3) is 0.0556. The van der Waals surface area contributed by atoms with Crippen molar-refractivity contribution in [3.05, 3.63) is 68.1 Å². The summed E-state index contributed by atoms with van der Waals surface area (Å²) in [5.74, 6) is -1.07. The lowest BCUT2D eigenvalue weighted by Gasteiger charge is -2.08. The van der Waals surface area contributed by atoms with E-state index in [1.807, 2.05) is 22.9 Å². The molecule has 1 amide bonds. The van der Waals surface area contributed by atoms with E-state index in [9.17, 15) is 14.0 Å². The predicted molar refractivity (Wildman–Crippen MR) is 110 cm³/mol. The number of hydrogen-bond donors (Lipinski definition) is 1. The van der Waals surface area contributed by atoms with Crippen molar-refractivity contribution in [2.45, 2.75) is 6.54 Å². The van der Waals surface area contributed by atoms with Crippen LogP contribution in [0.15, 0.2) is 56.7 Å². The largest absolute Gasteiger partial charge is 0.322 e. The van der Waals surface area contributed by atoms with Gasteiger partial charge in [0.05, 0.1) is 17.4 Å². The van der Waals surface area contributed by atoms with Crippen molar-refractivity contribution in [1.82, 2.24) is 9.55 Å². The van der Waals surface area contributed by atoms with Crippen molar-refractivity contribution in [3.8, 4) is 10.4 Å². The molecule has 0 aliphatic rings. The molecule has 0 fully saturated rings. The van der Waals surface area contributed by atoms with Gasteiger partial charge in [-0.25, -0.2) is 9.37 Å². The van der Waals surface area contributed by atoms with Crippen LogP contribution in [0.3, 0.4) is 0 Å². The van der Waals surface area contributed by atoms with Crippen LogP contribution in [0.2, 0.25) is 0 Å². The number of hydrogen-bond acceptors (Lipinski definition) is 5. The van der Waals surface area contributed by atoms with Crippen LogP contribution in [0.1, 0.15) is 0 Å². The third-order valence-electron chi connectivity index (χ3n) is 3.87. The zero-order valence-corrected chi connectivity index (χ0v) is 16.8. The molecular formula is C18H11BrFN3O2S2. The average Bonchev–Trinajstić information content (AvgIpc) is 3.29.